The summed E-state index contributed by atoms with van der Waals surface area (Å²) in [6.45, 7) is 5.23. The number of hydrogen-bond donors (Lipinski definition) is 1. The van der Waals surface area contributed by atoms with E-state index in [1.54, 1.807) is 12.1 Å². The Morgan fingerprint density at radius 1 is 1.43 bits per heavy atom. The van der Waals surface area contributed by atoms with E-state index in [9.17, 15) is 15.4 Å². The fourth-order valence-corrected chi connectivity index (χ4v) is 1.86. The van der Waals surface area contributed by atoms with Crippen molar-refractivity contribution in [1.82, 2.24) is 5.32 Å². The lowest BCUT2D eigenvalue weighted by Crippen LogP contribution is -2.41. The van der Waals surface area contributed by atoms with Gasteiger partial charge >= 0.3 is 0 Å². The Labute approximate surface area is 124 Å². The molecule has 0 saturated carbocycles. The first-order valence-electron chi connectivity index (χ1n) is 7.04. The molecule has 1 atom stereocenters. The van der Waals surface area contributed by atoms with Crippen LogP contribution in [0, 0.1) is 21.4 Å². The molecule has 1 aromatic carbocycles. The highest BCUT2D eigenvalue weighted by Gasteiger charge is 2.21. The van der Waals surface area contributed by atoms with Crippen LogP contribution in [0.15, 0.2) is 24.3 Å². The Balaban J connectivity index is 2.36. The van der Waals surface area contributed by atoms with Gasteiger partial charge in [0, 0.05) is 12.1 Å². The second kappa shape index (κ2) is 8.22. The number of nitro benzene ring substituents is 1. The molecular weight excluding hydrogens is 270 g/mol. The smallest absolute Gasteiger partial charge is 0.269 e. The quantitative estimate of drug-likeness (QED) is 0.429. The van der Waals surface area contributed by atoms with Gasteiger partial charge in [0.1, 0.15) is 11.3 Å². The summed E-state index contributed by atoms with van der Waals surface area (Å²) in [6.07, 6.45) is 2.41. The number of nitro groups is 1. The van der Waals surface area contributed by atoms with Gasteiger partial charge in [-0.15, -0.1) is 0 Å². The van der Waals surface area contributed by atoms with Gasteiger partial charge in [0.25, 0.3) is 5.69 Å². The Hall–Kier alpha value is -2.13. The molecule has 0 bridgehead atoms. The molecule has 0 heterocycles. The summed E-state index contributed by atoms with van der Waals surface area (Å²) in [5, 5.41) is 22.9. The standard InChI is InChI=1S/C15H21N3O3/c1-3-10-17-15(2,12-16)9-4-11-21-14-7-5-13(6-8-14)18(19)20/h5-8,17H,3-4,9-11H2,1-2H3. The van der Waals surface area contributed by atoms with Crippen molar-refractivity contribution in [2.24, 2.45) is 0 Å². The maximum absolute atomic E-state index is 10.5. The first-order valence-corrected chi connectivity index (χ1v) is 7.04. The maximum atomic E-state index is 10.5. The Morgan fingerprint density at radius 3 is 2.62 bits per heavy atom. The van der Waals surface area contributed by atoms with Gasteiger partial charge in [-0.2, -0.15) is 5.26 Å². The fraction of sp³-hybridized carbons (Fsp3) is 0.533. The van der Waals surface area contributed by atoms with E-state index in [4.69, 9.17) is 4.74 Å². The van der Waals surface area contributed by atoms with Crippen LogP contribution in [0.5, 0.6) is 5.75 Å². The molecule has 0 aromatic heterocycles. The highest BCUT2D eigenvalue weighted by atomic mass is 16.6. The molecule has 1 unspecified atom stereocenters. The van der Waals surface area contributed by atoms with Crippen molar-refractivity contribution in [3.05, 3.63) is 34.4 Å². The van der Waals surface area contributed by atoms with Gasteiger partial charge < -0.3 is 4.74 Å². The van der Waals surface area contributed by atoms with Crippen molar-refractivity contribution in [1.29, 1.82) is 5.26 Å². The van der Waals surface area contributed by atoms with Crippen molar-refractivity contribution in [3.63, 3.8) is 0 Å². The Kier molecular flexibility index (Phi) is 6.63. The topological polar surface area (TPSA) is 88.2 Å². The van der Waals surface area contributed by atoms with Gasteiger partial charge in [-0.25, -0.2) is 0 Å². The van der Waals surface area contributed by atoms with Crippen LogP contribution in [0.25, 0.3) is 0 Å². The molecule has 0 aliphatic rings. The molecule has 0 radical (unpaired) electrons. The van der Waals surface area contributed by atoms with E-state index in [1.807, 2.05) is 6.92 Å². The second-order valence-corrected chi connectivity index (χ2v) is 5.07. The zero-order chi connectivity index (χ0) is 15.7. The summed E-state index contributed by atoms with van der Waals surface area (Å²) in [5.74, 6) is 0.598. The SMILES string of the molecule is CCCNC(C)(C#N)CCCOc1ccc([N+](=O)[O-])cc1. The van der Waals surface area contributed by atoms with Crippen molar-refractivity contribution >= 4 is 5.69 Å². The Bertz CT molecular complexity index is 496. The van der Waals surface area contributed by atoms with E-state index in [-0.39, 0.29) is 5.69 Å². The normalized spacial score (nSPS) is 13.2. The molecule has 0 amide bonds. The van der Waals surface area contributed by atoms with Gasteiger partial charge in [-0.05, 0) is 44.9 Å². The van der Waals surface area contributed by atoms with E-state index >= 15 is 0 Å². The summed E-state index contributed by atoms with van der Waals surface area (Å²) in [4.78, 5) is 10.1. The molecule has 1 N–H and O–H groups in total. The number of nitrogens with zero attached hydrogens (tertiary/aromatic N) is 2. The molecule has 0 spiro atoms. The lowest BCUT2D eigenvalue weighted by molar-refractivity contribution is -0.384. The van der Waals surface area contributed by atoms with Crippen LogP contribution >= 0.6 is 0 Å². The number of nitrogens with one attached hydrogen (secondary N) is 1. The molecule has 1 rings (SSSR count). The third kappa shape index (κ3) is 5.79. The van der Waals surface area contributed by atoms with Crippen molar-refractivity contribution in [3.8, 4) is 11.8 Å². The summed E-state index contributed by atoms with van der Waals surface area (Å²) >= 11 is 0. The first kappa shape index (κ1) is 16.9. The van der Waals surface area contributed by atoms with Crippen LogP contribution in [0.1, 0.15) is 33.1 Å². The molecule has 6 nitrogen and oxygen atoms in total. The van der Waals surface area contributed by atoms with Crippen LogP contribution in [0.4, 0.5) is 5.69 Å². The first-order chi connectivity index (χ1) is 10.0. The largest absolute Gasteiger partial charge is 0.494 e. The van der Waals surface area contributed by atoms with Crippen molar-refractivity contribution < 1.29 is 9.66 Å². The van der Waals surface area contributed by atoms with Crippen LogP contribution < -0.4 is 10.1 Å². The minimum Gasteiger partial charge on any atom is -0.494 e. The predicted octanol–water partition coefficient (Wildman–Crippen LogP) is 3.04. The summed E-state index contributed by atoms with van der Waals surface area (Å²) in [5.41, 5.74) is -0.488. The van der Waals surface area contributed by atoms with E-state index in [2.05, 4.69) is 18.3 Å². The average molecular weight is 291 g/mol. The van der Waals surface area contributed by atoms with Gasteiger partial charge in [0.05, 0.1) is 17.6 Å². The van der Waals surface area contributed by atoms with Gasteiger partial charge in [0.15, 0.2) is 0 Å². The monoisotopic (exact) mass is 291 g/mol. The molecule has 0 aliphatic carbocycles. The van der Waals surface area contributed by atoms with E-state index in [1.165, 1.54) is 12.1 Å². The third-order valence-electron chi connectivity index (χ3n) is 3.15. The predicted molar refractivity (Wildman–Crippen MR) is 80.1 cm³/mol. The lowest BCUT2D eigenvalue weighted by Gasteiger charge is -2.22. The Morgan fingerprint density at radius 2 is 2.10 bits per heavy atom. The van der Waals surface area contributed by atoms with Crippen LogP contribution in [0.2, 0.25) is 0 Å². The lowest BCUT2D eigenvalue weighted by atomic mass is 9.98. The second-order valence-electron chi connectivity index (χ2n) is 5.07. The molecule has 6 heteroatoms. The summed E-state index contributed by atoms with van der Waals surface area (Å²) in [6, 6.07) is 8.28. The van der Waals surface area contributed by atoms with Gasteiger partial charge in [0.2, 0.25) is 0 Å². The maximum Gasteiger partial charge on any atom is 0.269 e. The van der Waals surface area contributed by atoms with E-state index in [0.29, 0.717) is 18.8 Å². The number of non-ortho nitro benzene ring substituents is 1. The zero-order valence-electron chi connectivity index (χ0n) is 12.5. The molecular formula is C15H21N3O3. The summed E-state index contributed by atoms with van der Waals surface area (Å²) in [7, 11) is 0. The van der Waals surface area contributed by atoms with Gasteiger partial charge in [-0.1, -0.05) is 6.92 Å². The minimum atomic E-state index is -0.533. The van der Waals surface area contributed by atoms with Gasteiger partial charge in [-0.3, -0.25) is 15.4 Å². The molecule has 0 saturated heterocycles. The number of rotatable bonds is 9. The molecule has 0 aliphatic heterocycles. The van der Waals surface area contributed by atoms with Crippen molar-refractivity contribution in [2.75, 3.05) is 13.2 Å². The molecule has 21 heavy (non-hydrogen) atoms. The fourth-order valence-electron chi connectivity index (χ4n) is 1.86. The molecule has 114 valence electrons. The van der Waals surface area contributed by atoms with Crippen molar-refractivity contribution in [2.45, 2.75) is 38.6 Å². The number of hydrogen-bond acceptors (Lipinski definition) is 5. The zero-order valence-corrected chi connectivity index (χ0v) is 12.5. The highest BCUT2D eigenvalue weighted by molar-refractivity contribution is 5.35. The highest BCUT2D eigenvalue weighted by Crippen LogP contribution is 2.18. The summed E-state index contributed by atoms with van der Waals surface area (Å²) < 4.78 is 5.53. The number of ether oxygens (including phenoxy) is 1. The van der Waals surface area contributed by atoms with E-state index in [0.717, 1.165) is 19.4 Å². The molecule has 1 aromatic rings. The average Bonchev–Trinajstić information content (AvgIpc) is 2.50. The van der Waals surface area contributed by atoms with Crippen LogP contribution in [0.3, 0.4) is 0 Å². The van der Waals surface area contributed by atoms with E-state index < -0.39 is 10.5 Å². The van der Waals surface area contributed by atoms with Crippen LogP contribution in [-0.2, 0) is 0 Å². The molecule has 0 fully saturated rings. The number of nitriles is 1. The minimum absolute atomic E-state index is 0.0446. The number of benzene rings is 1. The van der Waals surface area contributed by atoms with Crippen LogP contribution in [-0.4, -0.2) is 23.6 Å². The third-order valence-corrected chi connectivity index (χ3v) is 3.15.